The molecule has 0 spiro atoms. The van der Waals surface area contributed by atoms with E-state index in [1.165, 1.54) is 7.11 Å². The van der Waals surface area contributed by atoms with Gasteiger partial charge in [-0.15, -0.1) is 0 Å². The van der Waals surface area contributed by atoms with Crippen molar-refractivity contribution in [2.24, 2.45) is 0 Å². The first-order valence-corrected chi connectivity index (χ1v) is 8.45. The molecule has 0 bridgehead atoms. The van der Waals surface area contributed by atoms with Gasteiger partial charge in [-0.2, -0.15) is 4.39 Å². The number of nitrogens with zero attached hydrogens (tertiary/aromatic N) is 1. The van der Waals surface area contributed by atoms with Crippen molar-refractivity contribution >= 4 is 5.91 Å². The molecule has 1 atom stereocenters. The van der Waals surface area contributed by atoms with Crippen LogP contribution in [-0.4, -0.2) is 31.0 Å². The van der Waals surface area contributed by atoms with Crippen LogP contribution in [0.2, 0.25) is 0 Å². The lowest BCUT2D eigenvalue weighted by atomic mass is 9.97. The molecule has 134 valence electrons. The van der Waals surface area contributed by atoms with E-state index in [4.69, 9.17) is 9.47 Å². The largest absolute Gasteiger partial charge is 0.494 e. The molecule has 1 amide bonds. The summed E-state index contributed by atoms with van der Waals surface area (Å²) in [6.45, 7) is 2.88. The average Bonchev–Trinajstić information content (AvgIpc) is 3.14. The molecule has 1 heterocycles. The molecule has 1 aliphatic heterocycles. The fraction of sp³-hybridized carbons (Fsp3) is 0.286. The third-order valence-electron chi connectivity index (χ3n) is 4.43. The second-order valence-corrected chi connectivity index (χ2v) is 6.02. The third-order valence-corrected chi connectivity index (χ3v) is 4.43. The summed E-state index contributed by atoms with van der Waals surface area (Å²) in [5.74, 6) is 5.48. The first-order chi connectivity index (χ1) is 12.6. The molecule has 0 unspecified atom stereocenters. The van der Waals surface area contributed by atoms with Crippen molar-refractivity contribution in [3.05, 3.63) is 53.8 Å². The van der Waals surface area contributed by atoms with E-state index < -0.39 is 5.82 Å². The molecule has 0 radical (unpaired) electrons. The summed E-state index contributed by atoms with van der Waals surface area (Å²) >= 11 is 0. The summed E-state index contributed by atoms with van der Waals surface area (Å²) in [4.78, 5) is 13.7. The van der Waals surface area contributed by atoms with Gasteiger partial charge in [-0.25, -0.2) is 0 Å². The summed E-state index contributed by atoms with van der Waals surface area (Å²) in [7, 11) is 1.42. The first kappa shape index (κ1) is 17.8. The maximum Gasteiger partial charge on any atom is 0.298 e. The van der Waals surface area contributed by atoms with E-state index in [0.29, 0.717) is 18.8 Å². The van der Waals surface area contributed by atoms with Crippen molar-refractivity contribution in [3.8, 4) is 29.1 Å². The lowest BCUT2D eigenvalue weighted by Crippen LogP contribution is -2.26. The van der Waals surface area contributed by atoms with Gasteiger partial charge in [0.05, 0.1) is 7.11 Å². The Morgan fingerprint density at radius 1 is 1.15 bits per heavy atom. The van der Waals surface area contributed by atoms with Gasteiger partial charge in [-0.1, -0.05) is 30.2 Å². The number of carbonyl (C=O) groups is 1. The van der Waals surface area contributed by atoms with Crippen molar-refractivity contribution < 1.29 is 18.7 Å². The van der Waals surface area contributed by atoms with E-state index in [-0.39, 0.29) is 23.3 Å². The van der Waals surface area contributed by atoms with Gasteiger partial charge < -0.3 is 14.4 Å². The Labute approximate surface area is 152 Å². The normalized spacial score (nSPS) is 16.0. The van der Waals surface area contributed by atoms with Crippen molar-refractivity contribution in [1.82, 2.24) is 4.90 Å². The van der Waals surface area contributed by atoms with Crippen LogP contribution in [0, 0.1) is 17.7 Å². The molecule has 3 rings (SSSR count). The van der Waals surface area contributed by atoms with Crippen LogP contribution in [0.5, 0.6) is 17.2 Å². The van der Waals surface area contributed by atoms with Crippen LogP contribution in [0.4, 0.5) is 4.39 Å². The zero-order chi connectivity index (χ0) is 18.5. The van der Waals surface area contributed by atoms with Crippen molar-refractivity contribution in [3.63, 3.8) is 0 Å². The van der Waals surface area contributed by atoms with Gasteiger partial charge in [0.2, 0.25) is 5.82 Å². The Morgan fingerprint density at radius 3 is 2.65 bits per heavy atom. The van der Waals surface area contributed by atoms with Gasteiger partial charge >= 0.3 is 0 Å². The smallest absolute Gasteiger partial charge is 0.298 e. The number of methoxy groups -OCH3 is 1. The molecule has 4 nitrogen and oxygen atoms in total. The predicted octanol–water partition coefficient (Wildman–Crippen LogP) is 3.97. The Balaban J connectivity index is 1.83. The Morgan fingerprint density at radius 2 is 1.88 bits per heavy atom. The second kappa shape index (κ2) is 7.92. The SMILES string of the molecule is CC#CC(=O)N1CC[C@H](c2ccccc2Oc2cccc(OC)c2F)C1. The van der Waals surface area contributed by atoms with Crippen LogP contribution in [0.25, 0.3) is 0 Å². The van der Waals surface area contributed by atoms with Crippen LogP contribution < -0.4 is 9.47 Å². The molecular weight excluding hydrogens is 333 g/mol. The molecule has 0 saturated carbocycles. The minimum Gasteiger partial charge on any atom is -0.494 e. The number of amides is 1. The van der Waals surface area contributed by atoms with Gasteiger partial charge in [-0.05, 0) is 43.0 Å². The fourth-order valence-electron chi connectivity index (χ4n) is 3.14. The van der Waals surface area contributed by atoms with Crippen LogP contribution in [0.1, 0.15) is 24.8 Å². The minimum atomic E-state index is -0.536. The number of likely N-dealkylation sites (tertiary alicyclic amines) is 1. The second-order valence-electron chi connectivity index (χ2n) is 6.02. The zero-order valence-corrected chi connectivity index (χ0v) is 14.8. The molecule has 5 heteroatoms. The van der Waals surface area contributed by atoms with Crippen LogP contribution >= 0.6 is 0 Å². The minimum absolute atomic E-state index is 0.111. The van der Waals surface area contributed by atoms with Crippen LogP contribution in [0.15, 0.2) is 42.5 Å². The van der Waals surface area contributed by atoms with E-state index in [2.05, 4.69) is 11.8 Å². The summed E-state index contributed by atoms with van der Waals surface area (Å²) in [6.07, 6.45) is 0.818. The number of rotatable bonds is 4. The van der Waals surface area contributed by atoms with Gasteiger partial charge in [0.15, 0.2) is 11.5 Å². The highest BCUT2D eigenvalue weighted by Gasteiger charge is 2.28. The Bertz CT molecular complexity index is 869. The highest BCUT2D eigenvalue weighted by Crippen LogP contribution is 2.37. The first-order valence-electron chi connectivity index (χ1n) is 8.45. The topological polar surface area (TPSA) is 38.8 Å². The van der Waals surface area contributed by atoms with E-state index in [1.807, 2.05) is 24.3 Å². The number of para-hydroxylation sites is 1. The number of halogens is 1. The molecule has 2 aromatic rings. The number of benzene rings is 2. The van der Waals surface area contributed by atoms with Crippen molar-refractivity contribution in [1.29, 1.82) is 0 Å². The standard InChI is InChI=1S/C21H20FNO3/c1-3-7-20(24)23-13-12-15(14-23)16-8-4-5-9-17(16)26-19-11-6-10-18(25-2)21(19)22/h4-6,8-11,15H,12-14H2,1-2H3/t15-/m0/s1. The average molecular weight is 353 g/mol. The number of hydrogen-bond acceptors (Lipinski definition) is 3. The number of ether oxygens (including phenoxy) is 2. The van der Waals surface area contributed by atoms with Crippen molar-refractivity contribution in [2.75, 3.05) is 20.2 Å². The molecular formula is C21H20FNO3. The van der Waals surface area contributed by atoms with E-state index >= 15 is 0 Å². The molecule has 2 aromatic carbocycles. The fourth-order valence-corrected chi connectivity index (χ4v) is 3.14. The third kappa shape index (κ3) is 3.65. The highest BCUT2D eigenvalue weighted by atomic mass is 19.1. The number of carbonyl (C=O) groups excluding carboxylic acids is 1. The maximum absolute atomic E-state index is 14.4. The lowest BCUT2D eigenvalue weighted by molar-refractivity contribution is -0.124. The van der Waals surface area contributed by atoms with Crippen molar-refractivity contribution in [2.45, 2.75) is 19.3 Å². The van der Waals surface area contributed by atoms with E-state index in [1.54, 1.807) is 30.0 Å². The summed E-state index contributed by atoms with van der Waals surface area (Å²) in [6, 6.07) is 12.3. The molecule has 0 aromatic heterocycles. The Hall–Kier alpha value is -3.00. The summed E-state index contributed by atoms with van der Waals surface area (Å²) in [5.41, 5.74) is 0.953. The van der Waals surface area contributed by atoms with Crippen LogP contribution in [0.3, 0.4) is 0 Å². The molecule has 0 aliphatic carbocycles. The lowest BCUT2D eigenvalue weighted by Gasteiger charge is -2.17. The van der Waals surface area contributed by atoms with Gasteiger partial charge in [0, 0.05) is 19.0 Å². The summed E-state index contributed by atoms with van der Waals surface area (Å²) < 4.78 is 25.3. The monoisotopic (exact) mass is 353 g/mol. The van der Waals surface area contributed by atoms with E-state index in [9.17, 15) is 9.18 Å². The van der Waals surface area contributed by atoms with E-state index in [0.717, 1.165) is 12.0 Å². The predicted molar refractivity (Wildman–Crippen MR) is 96.9 cm³/mol. The molecule has 1 saturated heterocycles. The highest BCUT2D eigenvalue weighted by molar-refractivity contribution is 5.93. The van der Waals surface area contributed by atoms with Gasteiger partial charge in [0.25, 0.3) is 5.91 Å². The van der Waals surface area contributed by atoms with Gasteiger partial charge in [-0.3, -0.25) is 4.79 Å². The molecule has 0 N–H and O–H groups in total. The zero-order valence-electron chi connectivity index (χ0n) is 14.8. The number of hydrogen-bond donors (Lipinski definition) is 0. The maximum atomic E-state index is 14.4. The molecule has 1 fully saturated rings. The summed E-state index contributed by atoms with van der Waals surface area (Å²) in [5, 5.41) is 0. The molecule has 26 heavy (non-hydrogen) atoms. The quantitative estimate of drug-likeness (QED) is 0.781. The Kier molecular flexibility index (Phi) is 5.43. The van der Waals surface area contributed by atoms with Crippen LogP contribution in [-0.2, 0) is 4.79 Å². The van der Waals surface area contributed by atoms with Gasteiger partial charge in [0.1, 0.15) is 5.75 Å². The molecule has 1 aliphatic rings.